The van der Waals surface area contributed by atoms with E-state index in [1.807, 2.05) is 4.90 Å². The minimum absolute atomic E-state index is 0.0960. The third kappa shape index (κ3) is 2.76. The summed E-state index contributed by atoms with van der Waals surface area (Å²) < 4.78 is 0. The van der Waals surface area contributed by atoms with E-state index in [4.69, 9.17) is 6.42 Å². The number of fused-ring (bicyclic) bond motifs is 1. The zero-order valence-electron chi connectivity index (χ0n) is 13.7. The van der Waals surface area contributed by atoms with E-state index >= 15 is 0 Å². The molecule has 1 atom stereocenters. The van der Waals surface area contributed by atoms with Crippen molar-refractivity contribution in [2.45, 2.75) is 25.3 Å². The van der Waals surface area contributed by atoms with Crippen molar-refractivity contribution in [2.24, 2.45) is 0 Å². The van der Waals surface area contributed by atoms with Gasteiger partial charge >= 0.3 is 0 Å². The molecule has 0 spiro atoms. The van der Waals surface area contributed by atoms with Crippen molar-refractivity contribution in [3.05, 3.63) is 29.3 Å². The predicted molar refractivity (Wildman–Crippen MR) is 89.8 cm³/mol. The lowest BCUT2D eigenvalue weighted by Crippen LogP contribution is -2.54. The molecular formula is C18H17N3O4. The Kier molecular flexibility index (Phi) is 4.28. The summed E-state index contributed by atoms with van der Waals surface area (Å²) in [7, 11) is 1.79. The average molecular weight is 339 g/mol. The van der Waals surface area contributed by atoms with Crippen LogP contribution >= 0.6 is 0 Å². The molecule has 2 aliphatic rings. The lowest BCUT2D eigenvalue weighted by atomic mass is 10.0. The smallest absolute Gasteiger partial charge is 0.264 e. The quantitative estimate of drug-likeness (QED) is 0.639. The van der Waals surface area contributed by atoms with Gasteiger partial charge in [0.2, 0.25) is 11.8 Å². The van der Waals surface area contributed by atoms with Crippen LogP contribution in [0.25, 0.3) is 0 Å². The van der Waals surface area contributed by atoms with Gasteiger partial charge < -0.3 is 4.90 Å². The van der Waals surface area contributed by atoms with Gasteiger partial charge in [0, 0.05) is 26.4 Å². The Balaban J connectivity index is 1.96. The van der Waals surface area contributed by atoms with Gasteiger partial charge in [0.25, 0.3) is 11.8 Å². The zero-order chi connectivity index (χ0) is 18.1. The summed E-state index contributed by atoms with van der Waals surface area (Å²) in [5, 5.41) is 2.18. The van der Waals surface area contributed by atoms with Crippen LogP contribution in [-0.2, 0) is 9.59 Å². The summed E-state index contributed by atoms with van der Waals surface area (Å²) in [5.74, 6) is 0.496. The topological polar surface area (TPSA) is 86.8 Å². The number of anilines is 1. The van der Waals surface area contributed by atoms with Crippen molar-refractivity contribution in [3.63, 3.8) is 0 Å². The van der Waals surface area contributed by atoms with Crippen LogP contribution in [0.15, 0.2) is 18.2 Å². The van der Waals surface area contributed by atoms with Crippen LogP contribution in [0, 0.1) is 12.3 Å². The van der Waals surface area contributed by atoms with Gasteiger partial charge in [0.15, 0.2) is 0 Å². The lowest BCUT2D eigenvalue weighted by Gasteiger charge is -2.28. The number of imide groups is 2. The first-order valence-electron chi connectivity index (χ1n) is 7.95. The first kappa shape index (κ1) is 16.7. The molecule has 3 rings (SSSR count). The molecule has 4 amide bonds. The molecule has 1 saturated heterocycles. The fraction of sp³-hybridized carbons (Fsp3) is 0.333. The van der Waals surface area contributed by atoms with E-state index in [0.717, 1.165) is 4.90 Å². The maximum atomic E-state index is 12.9. The van der Waals surface area contributed by atoms with Crippen LogP contribution in [0.2, 0.25) is 0 Å². The highest BCUT2D eigenvalue weighted by atomic mass is 16.2. The van der Waals surface area contributed by atoms with E-state index in [1.54, 1.807) is 25.2 Å². The number of piperidine rings is 1. The first-order valence-corrected chi connectivity index (χ1v) is 7.95. The normalized spacial score (nSPS) is 19.5. The Morgan fingerprint density at radius 3 is 2.72 bits per heavy atom. The Morgan fingerprint density at radius 1 is 1.28 bits per heavy atom. The Hall–Kier alpha value is -3.14. The standard InChI is InChI=1S/C18H17N3O4/c1-3-4-10-20(2)12-7-5-6-11-15(12)18(25)21(17(11)24)13-8-9-14(22)19-16(13)23/h1,5-7,13H,4,8-10H2,2H3,(H,19,22,23). The van der Waals surface area contributed by atoms with E-state index in [2.05, 4.69) is 11.2 Å². The van der Waals surface area contributed by atoms with Crippen molar-refractivity contribution < 1.29 is 19.2 Å². The van der Waals surface area contributed by atoms with Crippen LogP contribution in [0.4, 0.5) is 5.69 Å². The average Bonchev–Trinajstić information content (AvgIpc) is 2.84. The van der Waals surface area contributed by atoms with E-state index < -0.39 is 29.7 Å². The van der Waals surface area contributed by atoms with Crippen molar-refractivity contribution >= 4 is 29.3 Å². The van der Waals surface area contributed by atoms with Gasteiger partial charge in [-0.05, 0) is 18.6 Å². The monoisotopic (exact) mass is 339 g/mol. The second-order valence-electron chi connectivity index (χ2n) is 6.02. The second-order valence-corrected chi connectivity index (χ2v) is 6.02. The molecule has 0 saturated carbocycles. The maximum absolute atomic E-state index is 12.9. The summed E-state index contributed by atoms with van der Waals surface area (Å²) in [6.07, 6.45) is 6.02. The zero-order valence-corrected chi connectivity index (χ0v) is 13.7. The molecule has 0 radical (unpaired) electrons. The first-order chi connectivity index (χ1) is 12.0. The van der Waals surface area contributed by atoms with Gasteiger partial charge in [0.1, 0.15) is 6.04 Å². The second kappa shape index (κ2) is 6.40. The minimum atomic E-state index is -0.964. The molecular weight excluding hydrogens is 322 g/mol. The molecule has 1 aromatic carbocycles. The van der Waals surface area contributed by atoms with E-state index in [9.17, 15) is 19.2 Å². The number of hydrogen-bond acceptors (Lipinski definition) is 5. The number of carbonyl (C=O) groups is 4. The summed E-state index contributed by atoms with van der Waals surface area (Å²) in [6, 6.07) is 4.04. The number of terminal acetylenes is 1. The van der Waals surface area contributed by atoms with Gasteiger partial charge in [-0.25, -0.2) is 0 Å². The summed E-state index contributed by atoms with van der Waals surface area (Å²) >= 11 is 0. The number of amides is 4. The van der Waals surface area contributed by atoms with Gasteiger partial charge in [-0.3, -0.25) is 29.4 Å². The molecule has 128 valence electrons. The number of benzene rings is 1. The van der Waals surface area contributed by atoms with E-state index in [0.29, 0.717) is 18.7 Å². The maximum Gasteiger partial charge on any atom is 0.264 e. The molecule has 7 heteroatoms. The molecule has 1 unspecified atom stereocenters. The van der Waals surface area contributed by atoms with Crippen LogP contribution in [0.5, 0.6) is 0 Å². The fourth-order valence-corrected chi connectivity index (χ4v) is 3.17. The third-order valence-corrected chi connectivity index (χ3v) is 4.45. The third-order valence-electron chi connectivity index (χ3n) is 4.45. The molecule has 0 aliphatic carbocycles. The molecule has 7 nitrogen and oxygen atoms in total. The van der Waals surface area contributed by atoms with E-state index in [1.165, 1.54) is 0 Å². The molecule has 1 fully saturated rings. The highest BCUT2D eigenvalue weighted by molar-refractivity contribution is 6.25. The van der Waals surface area contributed by atoms with Gasteiger partial charge in [-0.1, -0.05) is 6.07 Å². The summed E-state index contributed by atoms with van der Waals surface area (Å²) in [6.45, 7) is 0.535. The van der Waals surface area contributed by atoms with Gasteiger partial charge in [-0.15, -0.1) is 12.3 Å². The van der Waals surface area contributed by atoms with Crippen LogP contribution < -0.4 is 10.2 Å². The number of rotatable bonds is 4. The van der Waals surface area contributed by atoms with Crippen LogP contribution in [-0.4, -0.2) is 48.2 Å². The number of carbonyl (C=O) groups excluding carboxylic acids is 4. The van der Waals surface area contributed by atoms with E-state index in [-0.39, 0.29) is 24.0 Å². The van der Waals surface area contributed by atoms with Crippen LogP contribution in [0.3, 0.4) is 0 Å². The molecule has 2 aliphatic heterocycles. The predicted octanol–water partition coefficient (Wildman–Crippen LogP) is 0.547. The van der Waals surface area contributed by atoms with Gasteiger partial charge in [-0.2, -0.15) is 0 Å². The largest absolute Gasteiger partial charge is 0.373 e. The van der Waals surface area contributed by atoms with Crippen LogP contribution in [0.1, 0.15) is 40.0 Å². The SMILES string of the molecule is C#CCCN(C)c1cccc2c1C(=O)N(C1CCC(=O)NC1=O)C2=O. The van der Waals surface area contributed by atoms with Gasteiger partial charge in [0.05, 0.1) is 16.8 Å². The number of hydrogen-bond donors (Lipinski definition) is 1. The lowest BCUT2D eigenvalue weighted by molar-refractivity contribution is -0.136. The number of nitrogens with zero attached hydrogens (tertiary/aromatic N) is 2. The Bertz CT molecular complexity index is 824. The molecule has 25 heavy (non-hydrogen) atoms. The summed E-state index contributed by atoms with van der Waals surface area (Å²) in [5.41, 5.74) is 1.14. The Labute approximate surface area is 145 Å². The minimum Gasteiger partial charge on any atom is -0.373 e. The highest BCUT2D eigenvalue weighted by Gasteiger charge is 2.45. The Morgan fingerprint density at radius 2 is 2.04 bits per heavy atom. The molecule has 0 bridgehead atoms. The molecule has 1 aromatic rings. The molecule has 1 N–H and O–H groups in total. The summed E-state index contributed by atoms with van der Waals surface area (Å²) in [4.78, 5) is 51.8. The fourth-order valence-electron chi connectivity index (χ4n) is 3.17. The van der Waals surface area contributed by atoms with Crippen molar-refractivity contribution in [1.29, 1.82) is 0 Å². The molecule has 0 aromatic heterocycles. The molecule has 2 heterocycles. The number of nitrogens with one attached hydrogen (secondary N) is 1. The highest BCUT2D eigenvalue weighted by Crippen LogP contribution is 2.33. The van der Waals surface area contributed by atoms with Crippen molar-refractivity contribution in [1.82, 2.24) is 10.2 Å². The van der Waals surface area contributed by atoms with Crippen molar-refractivity contribution in [2.75, 3.05) is 18.5 Å². The van der Waals surface area contributed by atoms with Crippen molar-refractivity contribution in [3.8, 4) is 12.3 Å².